The molecule has 2 aromatic carbocycles. The number of nitrogens with one attached hydrogen (secondary N) is 1. The molecule has 1 aliphatic rings. The minimum Gasteiger partial charge on any atom is -0.369 e. The molecule has 3 nitrogen and oxygen atoms in total. The van der Waals surface area contributed by atoms with Crippen LogP contribution in [0.2, 0.25) is 0 Å². The van der Waals surface area contributed by atoms with E-state index in [4.69, 9.17) is 5.10 Å². The third-order valence-corrected chi connectivity index (χ3v) is 4.59. The van der Waals surface area contributed by atoms with Crippen LogP contribution in [0.5, 0.6) is 0 Å². The third kappa shape index (κ3) is 2.85. The van der Waals surface area contributed by atoms with Crippen LogP contribution in [-0.4, -0.2) is 16.3 Å². The van der Waals surface area contributed by atoms with Crippen molar-refractivity contribution in [1.29, 1.82) is 0 Å². The van der Waals surface area contributed by atoms with Crippen LogP contribution in [0, 0.1) is 13.8 Å². The van der Waals surface area contributed by atoms with Crippen LogP contribution in [0.25, 0.3) is 16.9 Å². The standard InChI is InChI=1S/C20H18F3N3/c1-12-9-13(2)11-14(10-12)18-17-7-8-24-19(17)26(25-18)16-5-3-15(4-6-16)20(21,22)23/h3-6,9-11,24H,7-8H2,1-2H3. The van der Waals surface area contributed by atoms with Crippen LogP contribution in [-0.2, 0) is 12.6 Å². The van der Waals surface area contributed by atoms with Crippen molar-refractivity contribution in [3.63, 3.8) is 0 Å². The van der Waals surface area contributed by atoms with Crippen LogP contribution in [0.15, 0.2) is 42.5 Å². The van der Waals surface area contributed by atoms with Crippen molar-refractivity contribution in [1.82, 2.24) is 9.78 Å². The molecular weight excluding hydrogens is 339 g/mol. The van der Waals surface area contributed by atoms with Crippen LogP contribution >= 0.6 is 0 Å². The quantitative estimate of drug-likeness (QED) is 0.688. The highest BCUT2D eigenvalue weighted by molar-refractivity contribution is 5.73. The molecule has 0 unspecified atom stereocenters. The molecule has 0 amide bonds. The van der Waals surface area contributed by atoms with Crippen molar-refractivity contribution >= 4 is 5.82 Å². The van der Waals surface area contributed by atoms with E-state index in [1.165, 1.54) is 12.1 Å². The molecular formula is C20H18F3N3. The highest BCUT2D eigenvalue weighted by Crippen LogP contribution is 2.36. The number of rotatable bonds is 2. The van der Waals surface area contributed by atoms with Crippen molar-refractivity contribution in [2.24, 2.45) is 0 Å². The predicted molar refractivity (Wildman–Crippen MR) is 95.7 cm³/mol. The first kappa shape index (κ1) is 16.7. The van der Waals surface area contributed by atoms with Gasteiger partial charge in [0.2, 0.25) is 0 Å². The molecule has 1 aliphatic heterocycles. The fourth-order valence-corrected chi connectivity index (χ4v) is 3.50. The Bertz CT molecular complexity index is 949. The summed E-state index contributed by atoms with van der Waals surface area (Å²) in [4.78, 5) is 0. The average molecular weight is 357 g/mol. The lowest BCUT2D eigenvalue weighted by Gasteiger charge is -2.09. The summed E-state index contributed by atoms with van der Waals surface area (Å²) in [5, 5.41) is 8.03. The number of anilines is 1. The number of halogens is 3. The first-order valence-electron chi connectivity index (χ1n) is 8.45. The molecule has 2 heterocycles. The summed E-state index contributed by atoms with van der Waals surface area (Å²) < 4.78 is 40.1. The Morgan fingerprint density at radius 3 is 2.27 bits per heavy atom. The maximum atomic E-state index is 12.8. The summed E-state index contributed by atoms with van der Waals surface area (Å²) >= 11 is 0. The van der Waals surface area contributed by atoms with E-state index in [-0.39, 0.29) is 0 Å². The van der Waals surface area contributed by atoms with Crippen molar-refractivity contribution in [3.05, 3.63) is 64.7 Å². The van der Waals surface area contributed by atoms with Gasteiger partial charge in [0.15, 0.2) is 0 Å². The summed E-state index contributed by atoms with van der Waals surface area (Å²) in [5.41, 5.74) is 5.29. The van der Waals surface area contributed by atoms with E-state index >= 15 is 0 Å². The second kappa shape index (κ2) is 5.90. The zero-order valence-corrected chi connectivity index (χ0v) is 14.5. The topological polar surface area (TPSA) is 29.9 Å². The molecule has 0 atom stereocenters. The number of aryl methyl sites for hydroxylation is 2. The number of benzene rings is 2. The zero-order chi connectivity index (χ0) is 18.5. The Labute approximate surface area is 149 Å². The minimum atomic E-state index is -4.34. The molecule has 0 radical (unpaired) electrons. The van der Waals surface area contributed by atoms with Gasteiger partial charge in [0.1, 0.15) is 5.82 Å². The lowest BCUT2D eigenvalue weighted by atomic mass is 10.0. The van der Waals surface area contributed by atoms with Crippen LogP contribution in [0.1, 0.15) is 22.3 Å². The predicted octanol–water partition coefficient (Wildman–Crippen LogP) is 5.14. The van der Waals surface area contributed by atoms with E-state index in [0.29, 0.717) is 5.69 Å². The van der Waals surface area contributed by atoms with E-state index in [9.17, 15) is 13.2 Å². The molecule has 0 aliphatic carbocycles. The van der Waals surface area contributed by atoms with Crippen molar-refractivity contribution < 1.29 is 13.2 Å². The van der Waals surface area contributed by atoms with Gasteiger partial charge in [0.05, 0.1) is 16.9 Å². The summed E-state index contributed by atoms with van der Waals surface area (Å²) in [5.74, 6) is 0.860. The van der Waals surface area contributed by atoms with E-state index in [0.717, 1.165) is 58.9 Å². The van der Waals surface area contributed by atoms with E-state index in [1.54, 1.807) is 4.68 Å². The molecule has 6 heteroatoms. The lowest BCUT2D eigenvalue weighted by molar-refractivity contribution is -0.137. The van der Waals surface area contributed by atoms with E-state index in [2.05, 4.69) is 23.5 Å². The van der Waals surface area contributed by atoms with E-state index < -0.39 is 11.7 Å². The van der Waals surface area contributed by atoms with Gasteiger partial charge in [-0.2, -0.15) is 18.3 Å². The van der Waals surface area contributed by atoms with Crippen molar-refractivity contribution in [2.45, 2.75) is 26.4 Å². The van der Waals surface area contributed by atoms with Gasteiger partial charge in [0.25, 0.3) is 0 Å². The highest BCUT2D eigenvalue weighted by Gasteiger charge is 2.30. The van der Waals surface area contributed by atoms with Crippen molar-refractivity contribution in [3.8, 4) is 16.9 Å². The maximum Gasteiger partial charge on any atom is 0.416 e. The first-order valence-corrected chi connectivity index (χ1v) is 8.45. The molecule has 26 heavy (non-hydrogen) atoms. The fraction of sp³-hybridized carbons (Fsp3) is 0.250. The molecule has 0 spiro atoms. The van der Waals surface area contributed by atoms with Crippen LogP contribution < -0.4 is 5.32 Å². The SMILES string of the molecule is Cc1cc(C)cc(-c2nn(-c3ccc(C(F)(F)F)cc3)c3c2CCN3)c1. The molecule has 1 aromatic heterocycles. The van der Waals surface area contributed by atoms with Gasteiger partial charge >= 0.3 is 6.18 Å². The molecule has 0 fully saturated rings. The van der Waals surface area contributed by atoms with Gasteiger partial charge in [-0.15, -0.1) is 0 Å². The Morgan fingerprint density at radius 1 is 1.00 bits per heavy atom. The van der Waals surface area contributed by atoms with Crippen molar-refractivity contribution in [2.75, 3.05) is 11.9 Å². The third-order valence-electron chi connectivity index (χ3n) is 4.59. The molecule has 4 rings (SSSR count). The second-order valence-electron chi connectivity index (χ2n) is 6.69. The van der Waals surface area contributed by atoms with Gasteiger partial charge in [-0.1, -0.05) is 17.2 Å². The van der Waals surface area contributed by atoms with Gasteiger partial charge in [-0.3, -0.25) is 0 Å². The van der Waals surface area contributed by atoms with Gasteiger partial charge in [0, 0.05) is 17.7 Å². The number of nitrogens with zero attached hydrogens (tertiary/aromatic N) is 2. The van der Waals surface area contributed by atoms with Gasteiger partial charge in [-0.05, 0) is 56.7 Å². The van der Waals surface area contributed by atoms with E-state index in [1.807, 2.05) is 13.8 Å². The van der Waals surface area contributed by atoms with Crippen LogP contribution in [0.4, 0.5) is 19.0 Å². The largest absolute Gasteiger partial charge is 0.416 e. The lowest BCUT2D eigenvalue weighted by Crippen LogP contribution is -2.07. The first-order chi connectivity index (χ1) is 12.3. The zero-order valence-electron chi connectivity index (χ0n) is 14.5. The molecule has 134 valence electrons. The minimum absolute atomic E-state index is 0.610. The van der Waals surface area contributed by atoms with Gasteiger partial charge in [-0.25, -0.2) is 4.68 Å². The Morgan fingerprint density at radius 2 is 1.65 bits per heavy atom. The summed E-state index contributed by atoms with van der Waals surface area (Å²) in [6.07, 6.45) is -3.49. The summed E-state index contributed by atoms with van der Waals surface area (Å²) in [7, 11) is 0. The highest BCUT2D eigenvalue weighted by atomic mass is 19.4. The second-order valence-corrected chi connectivity index (χ2v) is 6.69. The molecule has 0 bridgehead atoms. The number of hydrogen-bond acceptors (Lipinski definition) is 2. The summed E-state index contributed by atoms with van der Waals surface area (Å²) in [6.45, 7) is 4.88. The Kier molecular flexibility index (Phi) is 3.79. The Balaban J connectivity index is 1.81. The normalized spacial score (nSPS) is 13.6. The number of aromatic nitrogens is 2. The Hall–Kier alpha value is -2.76. The molecule has 3 aromatic rings. The molecule has 1 N–H and O–H groups in total. The smallest absolute Gasteiger partial charge is 0.369 e. The summed E-state index contributed by atoms with van der Waals surface area (Å²) in [6, 6.07) is 11.4. The number of fused-ring (bicyclic) bond motifs is 1. The maximum absolute atomic E-state index is 12.8. The van der Waals surface area contributed by atoms with Gasteiger partial charge < -0.3 is 5.32 Å². The number of alkyl halides is 3. The molecule has 0 saturated heterocycles. The molecule has 0 saturated carbocycles. The number of hydrogen-bond donors (Lipinski definition) is 1. The fourth-order valence-electron chi connectivity index (χ4n) is 3.50. The average Bonchev–Trinajstić information content (AvgIpc) is 3.15. The monoisotopic (exact) mass is 357 g/mol. The van der Waals surface area contributed by atoms with Crippen LogP contribution in [0.3, 0.4) is 0 Å².